The number of rotatable bonds is 7. The molecule has 2 nitrogen and oxygen atoms in total. The summed E-state index contributed by atoms with van der Waals surface area (Å²) in [4.78, 5) is 13.3. The van der Waals surface area contributed by atoms with E-state index < -0.39 is 0 Å². The van der Waals surface area contributed by atoms with Crippen LogP contribution < -0.4 is 5.32 Å². The van der Waals surface area contributed by atoms with Gasteiger partial charge in [0, 0.05) is 16.3 Å². The van der Waals surface area contributed by atoms with Crippen LogP contribution in [0.25, 0.3) is 0 Å². The number of carbonyl (C=O) groups excluding carboxylic acids is 1. The van der Waals surface area contributed by atoms with Crippen molar-refractivity contribution in [2.24, 2.45) is 0 Å². The fourth-order valence-corrected chi connectivity index (χ4v) is 3.64. The van der Waals surface area contributed by atoms with E-state index in [4.69, 9.17) is 11.6 Å². The predicted molar refractivity (Wildman–Crippen MR) is 104 cm³/mol. The summed E-state index contributed by atoms with van der Waals surface area (Å²) in [7, 11) is 0. The van der Waals surface area contributed by atoms with E-state index in [1.165, 1.54) is 21.6 Å². The van der Waals surface area contributed by atoms with Crippen molar-refractivity contribution in [3.05, 3.63) is 64.2 Å². The van der Waals surface area contributed by atoms with Crippen molar-refractivity contribution in [2.75, 3.05) is 5.75 Å². The number of hydrogen-bond acceptors (Lipinski definition) is 2. The molecule has 128 valence electrons. The van der Waals surface area contributed by atoms with Crippen LogP contribution in [0.4, 0.5) is 0 Å². The summed E-state index contributed by atoms with van der Waals surface area (Å²) in [6.07, 6.45) is 1.41. The van der Waals surface area contributed by atoms with E-state index in [9.17, 15) is 4.79 Å². The van der Waals surface area contributed by atoms with Gasteiger partial charge in [0.15, 0.2) is 0 Å². The molecule has 0 fully saturated rings. The summed E-state index contributed by atoms with van der Waals surface area (Å²) in [5.74, 6) is 1.03. The van der Waals surface area contributed by atoms with Crippen molar-refractivity contribution in [3.63, 3.8) is 0 Å². The van der Waals surface area contributed by atoms with Crippen LogP contribution in [0.1, 0.15) is 42.5 Å². The highest BCUT2D eigenvalue weighted by atomic mass is 35.5. The Morgan fingerprint density at radius 1 is 1.17 bits per heavy atom. The fourth-order valence-electron chi connectivity index (χ4n) is 2.66. The Morgan fingerprint density at radius 2 is 1.88 bits per heavy atom. The van der Waals surface area contributed by atoms with Crippen LogP contribution >= 0.6 is 23.4 Å². The number of halogens is 1. The molecule has 0 heterocycles. The first-order valence-corrected chi connectivity index (χ1v) is 9.57. The maximum Gasteiger partial charge on any atom is 0.220 e. The molecule has 0 saturated carbocycles. The molecule has 0 aliphatic carbocycles. The van der Waals surface area contributed by atoms with Crippen LogP contribution in [0.2, 0.25) is 5.02 Å². The molecule has 24 heavy (non-hydrogen) atoms. The topological polar surface area (TPSA) is 29.1 Å². The second kappa shape index (κ2) is 9.14. The lowest BCUT2D eigenvalue weighted by molar-refractivity contribution is -0.121. The van der Waals surface area contributed by atoms with Gasteiger partial charge in [-0.1, -0.05) is 35.4 Å². The van der Waals surface area contributed by atoms with Gasteiger partial charge in [-0.3, -0.25) is 4.79 Å². The third kappa shape index (κ3) is 5.88. The maximum atomic E-state index is 12.1. The van der Waals surface area contributed by atoms with Crippen LogP contribution in [0, 0.1) is 13.8 Å². The molecule has 0 radical (unpaired) electrons. The van der Waals surface area contributed by atoms with Gasteiger partial charge in [-0.15, -0.1) is 11.8 Å². The van der Waals surface area contributed by atoms with Crippen LogP contribution in [0.3, 0.4) is 0 Å². The smallest absolute Gasteiger partial charge is 0.220 e. The van der Waals surface area contributed by atoms with Gasteiger partial charge in [0.25, 0.3) is 0 Å². The number of carbonyl (C=O) groups is 1. The molecule has 0 aromatic heterocycles. The minimum atomic E-state index is 0.0435. The molecule has 4 heteroatoms. The average Bonchev–Trinajstić information content (AvgIpc) is 2.53. The molecule has 2 aromatic rings. The zero-order chi connectivity index (χ0) is 17.5. The summed E-state index contributed by atoms with van der Waals surface area (Å²) in [5.41, 5.74) is 3.65. The number of amides is 1. The SMILES string of the molecule is Cc1ccc(C(C)NC(=O)CCCSc2ccc(Cl)cc2)c(C)c1. The minimum Gasteiger partial charge on any atom is -0.350 e. The third-order valence-corrected chi connectivity index (χ3v) is 5.25. The van der Waals surface area contributed by atoms with Crippen molar-refractivity contribution in [1.29, 1.82) is 0 Å². The average molecular weight is 362 g/mol. The molecule has 0 bridgehead atoms. The lowest BCUT2D eigenvalue weighted by Gasteiger charge is -2.17. The highest BCUT2D eigenvalue weighted by Crippen LogP contribution is 2.22. The zero-order valence-electron chi connectivity index (χ0n) is 14.4. The molecule has 0 aliphatic heterocycles. The van der Waals surface area contributed by atoms with Gasteiger partial charge < -0.3 is 5.32 Å². The highest BCUT2D eigenvalue weighted by Gasteiger charge is 2.11. The highest BCUT2D eigenvalue weighted by molar-refractivity contribution is 7.99. The molecule has 2 aromatic carbocycles. The van der Waals surface area contributed by atoms with Crippen LogP contribution in [-0.4, -0.2) is 11.7 Å². The Labute approximate surface area is 154 Å². The summed E-state index contributed by atoms with van der Waals surface area (Å²) >= 11 is 7.62. The van der Waals surface area contributed by atoms with E-state index in [-0.39, 0.29) is 11.9 Å². The van der Waals surface area contributed by atoms with Gasteiger partial charge in [0.2, 0.25) is 5.91 Å². The number of thioether (sulfide) groups is 1. The Hall–Kier alpha value is -1.45. The van der Waals surface area contributed by atoms with E-state index >= 15 is 0 Å². The quantitative estimate of drug-likeness (QED) is 0.505. The van der Waals surface area contributed by atoms with Gasteiger partial charge in [-0.05, 0) is 68.3 Å². The standard InChI is InChI=1S/C20H24ClNOS/c1-14-6-11-19(15(2)13-14)16(3)22-20(23)5-4-12-24-18-9-7-17(21)8-10-18/h6-11,13,16H,4-5,12H2,1-3H3,(H,22,23). The molecular weight excluding hydrogens is 338 g/mol. The van der Waals surface area contributed by atoms with E-state index in [1.807, 2.05) is 31.2 Å². The first-order valence-electron chi connectivity index (χ1n) is 8.20. The second-order valence-electron chi connectivity index (χ2n) is 6.06. The molecule has 0 aliphatic rings. The van der Waals surface area contributed by atoms with Crippen molar-refractivity contribution in [3.8, 4) is 0 Å². The van der Waals surface area contributed by atoms with Crippen molar-refractivity contribution >= 4 is 29.3 Å². The first kappa shape index (κ1) is 18.9. The molecule has 2 rings (SSSR count). The number of nitrogens with one attached hydrogen (secondary N) is 1. The lowest BCUT2D eigenvalue weighted by atomic mass is 10.0. The number of aryl methyl sites for hydroxylation is 2. The Morgan fingerprint density at radius 3 is 2.54 bits per heavy atom. The Balaban J connectivity index is 1.73. The van der Waals surface area contributed by atoms with Crippen molar-refractivity contribution in [2.45, 2.75) is 44.6 Å². The summed E-state index contributed by atoms with van der Waals surface area (Å²) in [5, 5.41) is 3.85. The van der Waals surface area contributed by atoms with Gasteiger partial charge in [-0.25, -0.2) is 0 Å². The number of hydrogen-bond donors (Lipinski definition) is 1. The second-order valence-corrected chi connectivity index (χ2v) is 7.66. The predicted octanol–water partition coefficient (Wildman–Crippen LogP) is 5.71. The zero-order valence-corrected chi connectivity index (χ0v) is 16.0. The fraction of sp³-hybridized carbons (Fsp3) is 0.350. The molecule has 1 N–H and O–H groups in total. The van der Waals surface area contributed by atoms with Crippen molar-refractivity contribution < 1.29 is 4.79 Å². The summed E-state index contributed by atoms with van der Waals surface area (Å²) in [6, 6.07) is 14.2. The van der Waals surface area contributed by atoms with E-state index in [2.05, 4.69) is 37.4 Å². The Kier molecular flexibility index (Phi) is 7.19. The van der Waals surface area contributed by atoms with Gasteiger partial charge in [0.1, 0.15) is 0 Å². The summed E-state index contributed by atoms with van der Waals surface area (Å²) < 4.78 is 0. The van der Waals surface area contributed by atoms with Crippen LogP contribution in [0.5, 0.6) is 0 Å². The van der Waals surface area contributed by atoms with Crippen molar-refractivity contribution in [1.82, 2.24) is 5.32 Å². The van der Waals surface area contributed by atoms with Crippen LogP contribution in [-0.2, 0) is 4.79 Å². The maximum absolute atomic E-state index is 12.1. The van der Waals surface area contributed by atoms with E-state index in [0.29, 0.717) is 6.42 Å². The van der Waals surface area contributed by atoms with Gasteiger partial charge in [-0.2, -0.15) is 0 Å². The van der Waals surface area contributed by atoms with Gasteiger partial charge in [0.05, 0.1) is 6.04 Å². The molecular formula is C20H24ClNOS. The van der Waals surface area contributed by atoms with E-state index in [1.54, 1.807) is 11.8 Å². The molecule has 1 atom stereocenters. The van der Waals surface area contributed by atoms with Gasteiger partial charge >= 0.3 is 0 Å². The largest absolute Gasteiger partial charge is 0.350 e. The third-order valence-electron chi connectivity index (χ3n) is 3.90. The normalized spacial score (nSPS) is 12.0. The monoisotopic (exact) mass is 361 g/mol. The van der Waals surface area contributed by atoms with E-state index in [0.717, 1.165) is 17.2 Å². The molecule has 1 amide bonds. The molecule has 0 saturated heterocycles. The number of benzene rings is 2. The lowest BCUT2D eigenvalue weighted by Crippen LogP contribution is -2.26. The van der Waals surface area contributed by atoms with Crippen LogP contribution in [0.15, 0.2) is 47.4 Å². The molecule has 1 unspecified atom stereocenters. The summed E-state index contributed by atoms with van der Waals surface area (Å²) in [6.45, 7) is 6.21. The minimum absolute atomic E-state index is 0.0435. The Bertz CT molecular complexity index is 685. The molecule has 0 spiro atoms. The first-order chi connectivity index (χ1) is 11.5.